The fourth-order valence-corrected chi connectivity index (χ4v) is 3.86. The Balaban J connectivity index is 2.68. The summed E-state index contributed by atoms with van der Waals surface area (Å²) in [6.45, 7) is 1.46. The Kier molecular flexibility index (Phi) is 4.40. The fourth-order valence-electron chi connectivity index (χ4n) is 2.78. The summed E-state index contributed by atoms with van der Waals surface area (Å²) in [6, 6.07) is 5.09. The predicted octanol–water partition coefficient (Wildman–Crippen LogP) is 4.43. The molecule has 3 rings (SSSR count). The number of carbonyl (C=O) groups excluding carboxylic acids is 1. The highest BCUT2D eigenvalue weighted by molar-refractivity contribution is 9.11. The Bertz CT molecular complexity index is 1060. The maximum atomic E-state index is 13.2. The minimum atomic E-state index is -0.245. The molecule has 0 unspecified atom stereocenters. The van der Waals surface area contributed by atoms with Gasteiger partial charge in [0.1, 0.15) is 11.5 Å². The number of ether oxygens (including phenoxy) is 2. The van der Waals surface area contributed by atoms with Gasteiger partial charge < -0.3 is 14.5 Å². The number of hydrogen-bond acceptors (Lipinski definition) is 4. The van der Waals surface area contributed by atoms with Gasteiger partial charge in [-0.15, -0.1) is 0 Å². The van der Waals surface area contributed by atoms with Gasteiger partial charge in [0.05, 0.1) is 40.5 Å². The molecule has 0 saturated heterocycles. The minimum absolute atomic E-state index is 0.134. The van der Waals surface area contributed by atoms with E-state index in [9.17, 15) is 9.59 Å². The summed E-state index contributed by atoms with van der Waals surface area (Å²) < 4.78 is 12.0. The van der Waals surface area contributed by atoms with Crippen LogP contribution in [0.3, 0.4) is 0 Å². The van der Waals surface area contributed by atoms with Crippen molar-refractivity contribution in [3.8, 4) is 11.5 Å². The second-order valence-corrected chi connectivity index (χ2v) is 6.91. The van der Waals surface area contributed by atoms with Crippen LogP contribution in [0.25, 0.3) is 21.8 Å². The van der Waals surface area contributed by atoms with Crippen LogP contribution in [-0.4, -0.2) is 25.0 Å². The number of aromatic nitrogens is 1. The molecule has 124 valence electrons. The van der Waals surface area contributed by atoms with Crippen molar-refractivity contribution in [2.24, 2.45) is 0 Å². The Labute approximate surface area is 154 Å². The molecule has 0 saturated carbocycles. The molecule has 0 spiro atoms. The van der Waals surface area contributed by atoms with Crippen molar-refractivity contribution < 1.29 is 14.3 Å². The number of ketones is 1. The average molecular weight is 455 g/mol. The molecule has 0 radical (unpaired) electrons. The molecule has 24 heavy (non-hydrogen) atoms. The maximum Gasteiger partial charge on any atom is 0.202 e. The average Bonchev–Trinajstić information content (AvgIpc) is 2.54. The number of nitrogens with one attached hydrogen (secondary N) is 1. The smallest absolute Gasteiger partial charge is 0.202 e. The third-order valence-corrected chi connectivity index (χ3v) is 5.11. The van der Waals surface area contributed by atoms with Crippen molar-refractivity contribution in [3.63, 3.8) is 0 Å². The van der Waals surface area contributed by atoms with Crippen molar-refractivity contribution in [3.05, 3.63) is 42.9 Å². The number of benzene rings is 2. The second-order valence-electron chi connectivity index (χ2n) is 5.20. The number of rotatable bonds is 3. The van der Waals surface area contributed by atoms with E-state index >= 15 is 0 Å². The predicted molar refractivity (Wildman–Crippen MR) is 101 cm³/mol. The summed E-state index contributed by atoms with van der Waals surface area (Å²) in [7, 11) is 3.01. The molecular weight excluding hydrogens is 442 g/mol. The first-order valence-corrected chi connectivity index (χ1v) is 8.58. The third-order valence-electron chi connectivity index (χ3n) is 3.86. The van der Waals surface area contributed by atoms with Gasteiger partial charge in [0.2, 0.25) is 5.43 Å². The molecule has 1 N–H and O–H groups in total. The van der Waals surface area contributed by atoms with E-state index in [-0.39, 0.29) is 11.2 Å². The number of Topliss-reactive ketones (excluding diaryl/α,β-unsaturated/α-hetero) is 1. The molecule has 1 heterocycles. The van der Waals surface area contributed by atoms with Crippen LogP contribution in [0.4, 0.5) is 0 Å². The van der Waals surface area contributed by atoms with E-state index in [1.165, 1.54) is 21.1 Å². The number of H-pyrrole nitrogens is 1. The molecule has 3 aromatic rings. The van der Waals surface area contributed by atoms with Crippen LogP contribution in [-0.2, 0) is 0 Å². The minimum Gasteiger partial charge on any atom is -0.495 e. The number of halogens is 2. The Morgan fingerprint density at radius 2 is 1.75 bits per heavy atom. The van der Waals surface area contributed by atoms with E-state index in [0.717, 1.165) is 0 Å². The molecule has 0 aliphatic rings. The first-order chi connectivity index (χ1) is 11.4. The highest BCUT2D eigenvalue weighted by Gasteiger charge is 2.20. The van der Waals surface area contributed by atoms with Crippen LogP contribution < -0.4 is 14.9 Å². The molecule has 0 fully saturated rings. The van der Waals surface area contributed by atoms with Gasteiger partial charge in [0, 0.05) is 16.1 Å². The molecule has 0 atom stereocenters. The van der Waals surface area contributed by atoms with E-state index in [4.69, 9.17) is 9.47 Å². The summed E-state index contributed by atoms with van der Waals surface area (Å²) in [5.74, 6) is 0.755. The summed E-state index contributed by atoms with van der Waals surface area (Å²) in [4.78, 5) is 28.3. The molecule has 5 nitrogen and oxygen atoms in total. The number of pyridine rings is 1. The lowest BCUT2D eigenvalue weighted by Gasteiger charge is -2.14. The van der Waals surface area contributed by atoms with Crippen LogP contribution in [0.5, 0.6) is 11.5 Å². The van der Waals surface area contributed by atoms with Gasteiger partial charge in [-0.05, 0) is 50.9 Å². The van der Waals surface area contributed by atoms with Crippen molar-refractivity contribution in [1.82, 2.24) is 4.98 Å². The monoisotopic (exact) mass is 453 g/mol. The third kappa shape index (κ3) is 2.43. The quantitative estimate of drug-likeness (QED) is 0.469. The Morgan fingerprint density at radius 3 is 2.33 bits per heavy atom. The largest absolute Gasteiger partial charge is 0.495 e. The van der Waals surface area contributed by atoms with Gasteiger partial charge in [-0.25, -0.2) is 0 Å². The van der Waals surface area contributed by atoms with Gasteiger partial charge in [0.15, 0.2) is 5.78 Å². The van der Waals surface area contributed by atoms with Gasteiger partial charge in [-0.1, -0.05) is 0 Å². The lowest BCUT2D eigenvalue weighted by Crippen LogP contribution is -2.10. The fraction of sp³-hybridized carbons (Fsp3) is 0.176. The lowest BCUT2D eigenvalue weighted by molar-refractivity contribution is 0.101. The lowest BCUT2D eigenvalue weighted by atomic mass is 10.0. The molecule has 1 aromatic heterocycles. The van der Waals surface area contributed by atoms with Crippen LogP contribution in [0.15, 0.2) is 31.9 Å². The zero-order valence-corrected chi connectivity index (χ0v) is 16.3. The number of fused-ring (bicyclic) bond motifs is 2. The summed E-state index contributed by atoms with van der Waals surface area (Å²) in [6.07, 6.45) is 0. The van der Waals surface area contributed by atoms with E-state index in [1.807, 2.05) is 0 Å². The van der Waals surface area contributed by atoms with Crippen molar-refractivity contribution in [1.29, 1.82) is 0 Å². The zero-order chi connectivity index (χ0) is 17.6. The van der Waals surface area contributed by atoms with Crippen LogP contribution in [0.1, 0.15) is 17.3 Å². The van der Waals surface area contributed by atoms with Gasteiger partial charge in [0.25, 0.3) is 0 Å². The van der Waals surface area contributed by atoms with Crippen molar-refractivity contribution in [2.75, 3.05) is 14.2 Å². The van der Waals surface area contributed by atoms with E-state index in [1.54, 1.807) is 18.2 Å². The number of methoxy groups -OCH3 is 2. The first kappa shape index (κ1) is 17.0. The first-order valence-electron chi connectivity index (χ1n) is 7.00. The second kappa shape index (κ2) is 6.22. The number of hydrogen-bond donors (Lipinski definition) is 1. The topological polar surface area (TPSA) is 68.4 Å². The summed E-state index contributed by atoms with van der Waals surface area (Å²) >= 11 is 6.80. The van der Waals surface area contributed by atoms with Gasteiger partial charge in [-0.3, -0.25) is 9.59 Å². The summed E-state index contributed by atoms with van der Waals surface area (Å²) in [5, 5.41) is 0.756. The molecule has 7 heteroatoms. The highest BCUT2D eigenvalue weighted by Crippen LogP contribution is 2.39. The molecule has 0 aliphatic carbocycles. The normalized spacial score (nSPS) is 11.0. The Hall–Kier alpha value is -1.86. The molecule has 0 amide bonds. The van der Waals surface area contributed by atoms with E-state index in [2.05, 4.69) is 36.8 Å². The van der Waals surface area contributed by atoms with E-state index in [0.29, 0.717) is 47.8 Å². The molecule has 0 bridgehead atoms. The highest BCUT2D eigenvalue weighted by atomic mass is 79.9. The molecule has 2 aromatic carbocycles. The summed E-state index contributed by atoms with van der Waals surface area (Å²) in [5.41, 5.74) is 1.15. The van der Waals surface area contributed by atoms with Gasteiger partial charge >= 0.3 is 0 Å². The van der Waals surface area contributed by atoms with Crippen LogP contribution in [0, 0.1) is 0 Å². The standard InChI is InChI=1S/C17H13Br2NO4/c1-7(21)8-4-5-9(18)12-14(8)20-15-11(23-2)6-10(19)17(24-3)13(15)16(12)22/h4-6H,1-3H3,(H,20,22). The number of aromatic amines is 1. The van der Waals surface area contributed by atoms with Crippen LogP contribution in [0.2, 0.25) is 0 Å². The molecule has 0 aliphatic heterocycles. The SMILES string of the molecule is COc1cc(Br)c(OC)c2c(=O)c3c(Br)ccc(C(C)=O)c3[nH]c12. The maximum absolute atomic E-state index is 13.2. The van der Waals surface area contributed by atoms with Crippen LogP contribution >= 0.6 is 31.9 Å². The molecular formula is C17H13Br2NO4. The van der Waals surface area contributed by atoms with E-state index < -0.39 is 0 Å². The number of carbonyl (C=O) groups is 1. The van der Waals surface area contributed by atoms with Gasteiger partial charge in [-0.2, -0.15) is 0 Å². The van der Waals surface area contributed by atoms with Crippen molar-refractivity contribution in [2.45, 2.75) is 6.92 Å². The van der Waals surface area contributed by atoms with Crippen molar-refractivity contribution >= 4 is 59.4 Å². The zero-order valence-electron chi connectivity index (χ0n) is 13.1. The Morgan fingerprint density at radius 1 is 1.04 bits per heavy atom.